The number of benzene rings is 4. The number of para-hydroxylation sites is 2. The van der Waals surface area contributed by atoms with Crippen molar-refractivity contribution in [2.45, 2.75) is 22.7 Å². The molecule has 5 aromatic rings. The van der Waals surface area contributed by atoms with Crippen LogP contribution in [0.25, 0.3) is 5.69 Å². The number of nitrogens with one attached hydrogen (secondary N) is 1. The number of anilines is 1. The van der Waals surface area contributed by atoms with E-state index in [0.29, 0.717) is 22.3 Å². The molecule has 8 nitrogen and oxygen atoms in total. The lowest BCUT2D eigenvalue weighted by molar-refractivity contribution is -0.113. The molecule has 4 aromatic carbocycles. The van der Waals surface area contributed by atoms with Gasteiger partial charge in [-0.05, 0) is 67.6 Å². The Balaban J connectivity index is 1.28. The zero-order valence-electron chi connectivity index (χ0n) is 21.6. The second kappa shape index (κ2) is 12.2. The van der Waals surface area contributed by atoms with Crippen molar-refractivity contribution in [1.82, 2.24) is 14.8 Å². The Morgan fingerprint density at radius 1 is 0.825 bits per heavy atom. The van der Waals surface area contributed by atoms with Crippen LogP contribution in [-0.4, -0.2) is 34.8 Å². The van der Waals surface area contributed by atoms with E-state index in [2.05, 4.69) is 15.5 Å². The van der Waals surface area contributed by atoms with Gasteiger partial charge in [-0.15, -0.1) is 10.2 Å². The minimum Gasteiger partial charge on any atom is -0.457 e. The van der Waals surface area contributed by atoms with Crippen LogP contribution in [0.5, 0.6) is 11.5 Å². The van der Waals surface area contributed by atoms with Crippen LogP contribution in [0, 0.1) is 6.92 Å². The van der Waals surface area contributed by atoms with Gasteiger partial charge in [-0.2, -0.15) is 0 Å². The Bertz CT molecular complexity index is 1690. The number of rotatable bonds is 10. The van der Waals surface area contributed by atoms with Gasteiger partial charge in [0.1, 0.15) is 17.3 Å². The minimum atomic E-state index is -3.66. The van der Waals surface area contributed by atoms with Gasteiger partial charge in [0, 0.05) is 11.4 Å². The zero-order valence-corrected chi connectivity index (χ0v) is 23.2. The molecule has 40 heavy (non-hydrogen) atoms. The molecule has 0 radical (unpaired) electrons. The number of sulfone groups is 1. The highest BCUT2D eigenvalue weighted by atomic mass is 32.2. The summed E-state index contributed by atoms with van der Waals surface area (Å²) in [6, 6.07) is 32.5. The molecule has 1 N–H and O–H groups in total. The Kier molecular flexibility index (Phi) is 8.28. The molecule has 0 unspecified atom stereocenters. The van der Waals surface area contributed by atoms with Gasteiger partial charge in [0.2, 0.25) is 5.91 Å². The third kappa shape index (κ3) is 6.77. The molecule has 5 rings (SSSR count). The van der Waals surface area contributed by atoms with E-state index in [-0.39, 0.29) is 28.1 Å². The highest BCUT2D eigenvalue weighted by molar-refractivity contribution is 7.99. The van der Waals surface area contributed by atoms with Crippen molar-refractivity contribution in [3.63, 3.8) is 0 Å². The summed E-state index contributed by atoms with van der Waals surface area (Å²) in [5, 5.41) is 11.7. The van der Waals surface area contributed by atoms with Crippen molar-refractivity contribution in [2.75, 3.05) is 11.1 Å². The first-order valence-electron chi connectivity index (χ1n) is 12.4. The van der Waals surface area contributed by atoms with Gasteiger partial charge >= 0.3 is 0 Å². The standard InChI is InChI=1S/C30H26N4O4S2/c1-22-12-18-27(19-13-22)40(36,37)21-28-32-33-30(34(28)24-8-4-2-5-9-24)39-20-29(35)31-23-14-16-26(17-15-23)38-25-10-6-3-7-11-25/h2-19H,20-21H2,1H3,(H,31,35). The zero-order chi connectivity index (χ0) is 28.0. The molecule has 0 aliphatic heterocycles. The normalized spacial score (nSPS) is 11.2. The molecule has 0 saturated carbocycles. The van der Waals surface area contributed by atoms with Crippen LogP contribution in [0.1, 0.15) is 11.4 Å². The number of amides is 1. The topological polar surface area (TPSA) is 103 Å². The molecular weight excluding hydrogens is 544 g/mol. The Morgan fingerprint density at radius 3 is 2.12 bits per heavy atom. The van der Waals surface area contributed by atoms with Crippen molar-refractivity contribution in [2.24, 2.45) is 0 Å². The second-order valence-electron chi connectivity index (χ2n) is 8.92. The van der Waals surface area contributed by atoms with Gasteiger partial charge in [-0.25, -0.2) is 8.42 Å². The fourth-order valence-corrected chi connectivity index (χ4v) is 5.90. The van der Waals surface area contributed by atoms with Gasteiger partial charge in [0.05, 0.1) is 10.6 Å². The maximum atomic E-state index is 13.1. The minimum absolute atomic E-state index is 0.0535. The SMILES string of the molecule is Cc1ccc(S(=O)(=O)Cc2nnc(SCC(=O)Nc3ccc(Oc4ccccc4)cc3)n2-c2ccccc2)cc1. The highest BCUT2D eigenvalue weighted by Gasteiger charge is 2.23. The lowest BCUT2D eigenvalue weighted by Crippen LogP contribution is -2.15. The summed E-state index contributed by atoms with van der Waals surface area (Å²) in [4.78, 5) is 13.0. The predicted octanol–water partition coefficient (Wildman–Crippen LogP) is 6.07. The molecule has 0 bridgehead atoms. The third-order valence-electron chi connectivity index (χ3n) is 5.86. The van der Waals surface area contributed by atoms with Crippen LogP contribution >= 0.6 is 11.8 Å². The van der Waals surface area contributed by atoms with E-state index >= 15 is 0 Å². The number of ether oxygens (including phenoxy) is 1. The van der Waals surface area contributed by atoms with Gasteiger partial charge in [0.25, 0.3) is 0 Å². The number of nitrogens with zero attached hydrogens (tertiary/aromatic N) is 3. The van der Waals surface area contributed by atoms with Crippen LogP contribution in [0.15, 0.2) is 119 Å². The fourth-order valence-electron chi connectivity index (χ4n) is 3.88. The van der Waals surface area contributed by atoms with Gasteiger partial charge in [-0.3, -0.25) is 9.36 Å². The summed E-state index contributed by atoms with van der Waals surface area (Å²) >= 11 is 1.18. The monoisotopic (exact) mass is 570 g/mol. The van der Waals surface area contributed by atoms with E-state index in [1.807, 2.05) is 67.6 Å². The number of hydrogen-bond acceptors (Lipinski definition) is 7. The average Bonchev–Trinajstić information content (AvgIpc) is 3.36. The van der Waals surface area contributed by atoms with E-state index in [1.165, 1.54) is 11.8 Å². The molecule has 1 aromatic heterocycles. The van der Waals surface area contributed by atoms with E-state index in [9.17, 15) is 13.2 Å². The Labute approximate surface area is 237 Å². The quantitative estimate of drug-likeness (QED) is 0.203. The van der Waals surface area contributed by atoms with E-state index < -0.39 is 9.84 Å². The maximum absolute atomic E-state index is 13.1. The first kappa shape index (κ1) is 27.2. The molecule has 0 aliphatic carbocycles. The molecule has 0 atom stereocenters. The summed E-state index contributed by atoms with van der Waals surface area (Å²) in [5.74, 6) is 1.13. The van der Waals surface area contributed by atoms with Crippen molar-refractivity contribution in [3.05, 3.63) is 121 Å². The molecular formula is C30H26N4O4S2. The van der Waals surface area contributed by atoms with E-state index in [4.69, 9.17) is 4.74 Å². The summed E-state index contributed by atoms with van der Waals surface area (Å²) in [6.45, 7) is 1.90. The van der Waals surface area contributed by atoms with Gasteiger partial charge in [-0.1, -0.05) is 65.9 Å². The Hall–Kier alpha value is -4.41. The number of aromatic nitrogens is 3. The molecule has 0 saturated heterocycles. The lowest BCUT2D eigenvalue weighted by atomic mass is 10.2. The van der Waals surface area contributed by atoms with Crippen LogP contribution < -0.4 is 10.1 Å². The van der Waals surface area contributed by atoms with Crippen LogP contribution in [0.3, 0.4) is 0 Å². The fraction of sp³-hybridized carbons (Fsp3) is 0.100. The molecule has 0 spiro atoms. The summed E-state index contributed by atoms with van der Waals surface area (Å²) in [6.07, 6.45) is 0. The summed E-state index contributed by atoms with van der Waals surface area (Å²) in [7, 11) is -3.66. The first-order chi connectivity index (χ1) is 19.4. The highest BCUT2D eigenvalue weighted by Crippen LogP contribution is 2.26. The third-order valence-corrected chi connectivity index (χ3v) is 8.42. The van der Waals surface area contributed by atoms with Crippen LogP contribution in [-0.2, 0) is 20.4 Å². The molecule has 0 fully saturated rings. The van der Waals surface area contributed by atoms with Gasteiger partial charge < -0.3 is 10.1 Å². The summed E-state index contributed by atoms with van der Waals surface area (Å²) < 4.78 is 33.8. The van der Waals surface area contributed by atoms with E-state index in [0.717, 1.165) is 11.3 Å². The van der Waals surface area contributed by atoms with Crippen molar-refractivity contribution in [1.29, 1.82) is 0 Å². The maximum Gasteiger partial charge on any atom is 0.234 e. The lowest BCUT2D eigenvalue weighted by Gasteiger charge is -2.11. The van der Waals surface area contributed by atoms with Crippen LogP contribution in [0.2, 0.25) is 0 Å². The molecule has 10 heteroatoms. The first-order valence-corrected chi connectivity index (χ1v) is 15.1. The predicted molar refractivity (Wildman–Crippen MR) is 156 cm³/mol. The van der Waals surface area contributed by atoms with Crippen molar-refractivity contribution < 1.29 is 17.9 Å². The number of hydrogen-bond donors (Lipinski definition) is 1. The molecule has 0 aliphatic rings. The number of carbonyl (C=O) groups excluding carboxylic acids is 1. The van der Waals surface area contributed by atoms with Crippen molar-refractivity contribution >= 4 is 33.2 Å². The van der Waals surface area contributed by atoms with Gasteiger partial charge in [0.15, 0.2) is 20.8 Å². The number of aryl methyl sites for hydroxylation is 1. The number of thioether (sulfide) groups is 1. The average molecular weight is 571 g/mol. The van der Waals surface area contributed by atoms with Crippen LogP contribution in [0.4, 0.5) is 5.69 Å². The smallest absolute Gasteiger partial charge is 0.234 e. The summed E-state index contributed by atoms with van der Waals surface area (Å²) in [5.41, 5.74) is 2.30. The molecule has 1 heterocycles. The second-order valence-corrected chi connectivity index (χ2v) is 11.9. The molecule has 1 amide bonds. The largest absolute Gasteiger partial charge is 0.457 e. The van der Waals surface area contributed by atoms with Crippen molar-refractivity contribution in [3.8, 4) is 17.2 Å². The number of carbonyl (C=O) groups is 1. The molecule has 202 valence electrons. The van der Waals surface area contributed by atoms with E-state index in [1.54, 1.807) is 53.1 Å². The Morgan fingerprint density at radius 2 is 1.45 bits per heavy atom.